The Bertz CT molecular complexity index is 23.6. The molecule has 0 aromatic rings. The van der Waals surface area contributed by atoms with Crippen LogP contribution in [0.25, 0.3) is 0 Å². The zero-order valence-electron chi connectivity index (χ0n) is 4.95. The van der Waals surface area contributed by atoms with Crippen molar-refractivity contribution >= 4 is 15.2 Å². The molecule has 1 rings (SSSR count). The van der Waals surface area contributed by atoms with Crippen LogP contribution in [-0.2, 0) is 0 Å². The monoisotopic (exact) mass is 115 g/mol. The van der Waals surface area contributed by atoms with Gasteiger partial charge in [0.25, 0.3) is 0 Å². The molecule has 0 spiro atoms. The van der Waals surface area contributed by atoms with E-state index in [1.54, 1.807) is 23.4 Å². The molecule has 0 unspecified atom stereocenters. The van der Waals surface area contributed by atoms with Crippen molar-refractivity contribution in [3.05, 3.63) is 0 Å². The van der Waals surface area contributed by atoms with Gasteiger partial charge in [0.2, 0.25) is 15.2 Å². The first-order chi connectivity index (χ1) is 3.00. The summed E-state index contributed by atoms with van der Waals surface area (Å²) in [6.07, 6.45) is 4.66. The second kappa shape index (κ2) is 4.65. The molecular formula is C5H14AlN. The van der Waals surface area contributed by atoms with Gasteiger partial charge in [-0.3, -0.25) is 0 Å². The number of hydrogen-bond acceptors (Lipinski definition) is 1. The molecule has 1 aliphatic heterocycles. The van der Waals surface area contributed by atoms with E-state index in [4.69, 9.17) is 0 Å². The molecule has 2 heteroatoms. The summed E-state index contributed by atoms with van der Waals surface area (Å²) >= 11 is 0.508. The maximum atomic E-state index is 1.64. The first-order valence-electron chi connectivity index (χ1n) is 3.00. The topological polar surface area (TPSA) is 35.0 Å². The first kappa shape index (κ1) is 7.49. The van der Waals surface area contributed by atoms with Gasteiger partial charge in [-0.2, -0.15) is 0 Å². The quantitative estimate of drug-likeness (QED) is 0.478. The highest BCUT2D eigenvalue weighted by Gasteiger charge is 1.99. The van der Waals surface area contributed by atoms with E-state index in [0.717, 1.165) is 0 Å². The molecule has 1 nitrogen and oxygen atoms in total. The summed E-state index contributed by atoms with van der Waals surface area (Å²) in [7, 11) is 0. The van der Waals surface area contributed by atoms with Gasteiger partial charge >= 0.3 is 0 Å². The summed E-state index contributed by atoms with van der Waals surface area (Å²) in [6.45, 7) is 0. The van der Waals surface area contributed by atoms with Crippen LogP contribution in [0.5, 0.6) is 0 Å². The first-order valence-corrected chi connectivity index (χ1v) is 5.00. The fraction of sp³-hybridized carbons (Fsp3) is 1.00. The number of hydrogen-bond donors (Lipinski definition) is 1. The van der Waals surface area contributed by atoms with E-state index in [1.807, 2.05) is 0 Å². The minimum Gasteiger partial charge on any atom is -0.344 e. The van der Waals surface area contributed by atoms with E-state index in [0.29, 0.717) is 15.2 Å². The minimum atomic E-state index is 0. The average molecular weight is 115 g/mol. The third-order valence-electron chi connectivity index (χ3n) is 1.50. The molecule has 42 valence electrons. The SMILES string of the molecule is C1C[CH2][AlH][CH2]C1.N. The van der Waals surface area contributed by atoms with E-state index in [1.165, 1.54) is 6.42 Å². The zero-order chi connectivity index (χ0) is 4.24. The van der Waals surface area contributed by atoms with E-state index in [2.05, 4.69) is 0 Å². The Kier molecular flexibility index (Phi) is 4.97. The van der Waals surface area contributed by atoms with Crippen LogP contribution in [0.3, 0.4) is 0 Å². The van der Waals surface area contributed by atoms with Crippen LogP contribution in [0, 0.1) is 0 Å². The fourth-order valence-electron chi connectivity index (χ4n) is 1.06. The molecule has 1 aliphatic rings. The maximum Gasteiger partial charge on any atom is 0.236 e. The van der Waals surface area contributed by atoms with E-state index < -0.39 is 0 Å². The molecule has 0 saturated carbocycles. The van der Waals surface area contributed by atoms with Crippen molar-refractivity contribution in [2.24, 2.45) is 0 Å². The van der Waals surface area contributed by atoms with Crippen molar-refractivity contribution in [1.29, 1.82) is 0 Å². The lowest BCUT2D eigenvalue weighted by atomic mass is 10.3. The van der Waals surface area contributed by atoms with Crippen molar-refractivity contribution in [3.63, 3.8) is 0 Å². The molecular weight excluding hydrogens is 101 g/mol. The molecule has 1 heterocycles. The predicted molar refractivity (Wildman–Crippen MR) is 35.6 cm³/mol. The lowest BCUT2D eigenvalue weighted by molar-refractivity contribution is 0.734. The van der Waals surface area contributed by atoms with Crippen LogP contribution in [0.2, 0.25) is 10.6 Å². The molecule has 0 aromatic heterocycles. The lowest BCUT2D eigenvalue weighted by Gasteiger charge is -2.03. The molecule has 0 bridgehead atoms. The molecule has 3 N–H and O–H groups in total. The second-order valence-electron chi connectivity index (χ2n) is 2.12. The van der Waals surface area contributed by atoms with E-state index in [9.17, 15) is 0 Å². The average Bonchev–Trinajstić information content (AvgIpc) is 1.72. The molecule has 1 saturated heterocycles. The van der Waals surface area contributed by atoms with E-state index in [-0.39, 0.29) is 6.15 Å². The highest BCUT2D eigenvalue weighted by molar-refractivity contribution is 6.35. The Morgan fingerprint density at radius 2 is 1.43 bits per heavy atom. The second-order valence-corrected chi connectivity index (χ2v) is 4.24. The molecule has 0 radical (unpaired) electrons. The van der Waals surface area contributed by atoms with Gasteiger partial charge < -0.3 is 6.15 Å². The molecule has 0 aliphatic carbocycles. The Morgan fingerprint density at radius 3 is 1.57 bits per heavy atom. The molecule has 1 fully saturated rings. The normalized spacial score (nSPS) is 19.4. The van der Waals surface area contributed by atoms with Gasteiger partial charge in [0.15, 0.2) is 0 Å². The summed E-state index contributed by atoms with van der Waals surface area (Å²) in [4.78, 5) is 0. The Hall–Kier alpha value is 0.492. The standard InChI is InChI=1S/C5H10.Al.H3N.H/c1-3-5-4-2;;;/h1-5H2;;1H3;. The Labute approximate surface area is 51.8 Å². The summed E-state index contributed by atoms with van der Waals surface area (Å²) in [5.74, 6) is 0. The highest BCUT2D eigenvalue weighted by Crippen LogP contribution is 2.10. The smallest absolute Gasteiger partial charge is 0.236 e. The van der Waals surface area contributed by atoms with E-state index >= 15 is 0 Å². The Morgan fingerprint density at radius 1 is 0.857 bits per heavy atom. The summed E-state index contributed by atoms with van der Waals surface area (Å²) < 4.78 is 0. The van der Waals surface area contributed by atoms with Gasteiger partial charge in [0.05, 0.1) is 0 Å². The Balaban J connectivity index is 0.000000360. The molecule has 0 aromatic carbocycles. The van der Waals surface area contributed by atoms with Crippen molar-refractivity contribution < 1.29 is 0 Å². The van der Waals surface area contributed by atoms with Crippen molar-refractivity contribution in [3.8, 4) is 0 Å². The lowest BCUT2D eigenvalue weighted by Crippen LogP contribution is -1.94. The highest BCUT2D eigenvalue weighted by atomic mass is 27.1. The van der Waals surface area contributed by atoms with Gasteiger partial charge in [0.1, 0.15) is 0 Å². The third kappa shape index (κ3) is 3.11. The summed E-state index contributed by atoms with van der Waals surface area (Å²) in [6, 6.07) is 0. The van der Waals surface area contributed by atoms with Crippen LogP contribution < -0.4 is 6.15 Å². The van der Waals surface area contributed by atoms with Gasteiger partial charge in [-0.1, -0.05) is 29.8 Å². The van der Waals surface area contributed by atoms with Crippen LogP contribution in [0.1, 0.15) is 19.3 Å². The van der Waals surface area contributed by atoms with Gasteiger partial charge in [0, 0.05) is 0 Å². The van der Waals surface area contributed by atoms with Gasteiger partial charge in [-0.15, -0.1) is 0 Å². The van der Waals surface area contributed by atoms with Crippen molar-refractivity contribution in [1.82, 2.24) is 6.15 Å². The summed E-state index contributed by atoms with van der Waals surface area (Å²) in [5.41, 5.74) is 0. The van der Waals surface area contributed by atoms with Crippen LogP contribution >= 0.6 is 0 Å². The fourth-order valence-corrected chi connectivity index (χ4v) is 2.83. The molecule has 7 heavy (non-hydrogen) atoms. The van der Waals surface area contributed by atoms with Gasteiger partial charge in [-0.25, -0.2) is 0 Å². The van der Waals surface area contributed by atoms with Crippen LogP contribution in [0.15, 0.2) is 0 Å². The number of rotatable bonds is 0. The maximum absolute atomic E-state index is 1.64. The van der Waals surface area contributed by atoms with Crippen molar-refractivity contribution in [2.45, 2.75) is 29.8 Å². The van der Waals surface area contributed by atoms with Crippen LogP contribution in [0.4, 0.5) is 0 Å². The van der Waals surface area contributed by atoms with Crippen molar-refractivity contribution in [2.75, 3.05) is 0 Å². The minimum absolute atomic E-state index is 0. The molecule has 0 amide bonds. The largest absolute Gasteiger partial charge is 0.344 e. The third-order valence-corrected chi connectivity index (χ3v) is 3.50. The van der Waals surface area contributed by atoms with Gasteiger partial charge in [-0.05, 0) is 0 Å². The zero-order valence-corrected chi connectivity index (χ0v) is 6.36. The molecule has 0 atom stereocenters. The predicted octanol–water partition coefficient (Wildman–Crippen LogP) is 1.61. The van der Waals surface area contributed by atoms with Crippen LogP contribution in [-0.4, -0.2) is 15.2 Å². The summed E-state index contributed by atoms with van der Waals surface area (Å²) in [5, 5.41) is 3.28.